The van der Waals surface area contributed by atoms with Crippen molar-refractivity contribution in [1.82, 2.24) is 0 Å². The van der Waals surface area contributed by atoms with Crippen LogP contribution in [0.1, 0.15) is 26.7 Å². The maximum atomic E-state index is 11.5. The van der Waals surface area contributed by atoms with E-state index in [0.29, 0.717) is 19.4 Å². The fourth-order valence-corrected chi connectivity index (χ4v) is 2.75. The average Bonchev–Trinajstić information content (AvgIpc) is 2.44. The SMILES string of the molecule is CCOC(=O)C1CC(OS(C)(=O)=O)CC1C. The molecule has 0 bridgehead atoms. The molecule has 3 atom stereocenters. The fourth-order valence-electron chi connectivity index (χ4n) is 2.09. The Morgan fingerprint density at radius 1 is 1.38 bits per heavy atom. The molecular weight excluding hydrogens is 232 g/mol. The number of hydrogen-bond acceptors (Lipinski definition) is 5. The van der Waals surface area contributed by atoms with E-state index in [1.807, 2.05) is 6.92 Å². The highest BCUT2D eigenvalue weighted by Crippen LogP contribution is 2.34. The van der Waals surface area contributed by atoms with Crippen molar-refractivity contribution in [3.63, 3.8) is 0 Å². The summed E-state index contributed by atoms with van der Waals surface area (Å²) in [6, 6.07) is 0. The Hall–Kier alpha value is -0.620. The van der Waals surface area contributed by atoms with Gasteiger partial charge in [0.15, 0.2) is 0 Å². The molecule has 5 nitrogen and oxygen atoms in total. The van der Waals surface area contributed by atoms with E-state index in [0.717, 1.165) is 6.26 Å². The minimum atomic E-state index is -3.44. The summed E-state index contributed by atoms with van der Waals surface area (Å²) in [7, 11) is -3.44. The highest BCUT2D eigenvalue weighted by Gasteiger charge is 2.38. The van der Waals surface area contributed by atoms with Gasteiger partial charge in [-0.2, -0.15) is 8.42 Å². The Morgan fingerprint density at radius 3 is 2.50 bits per heavy atom. The highest BCUT2D eigenvalue weighted by molar-refractivity contribution is 7.86. The Bertz CT molecular complexity index is 348. The highest BCUT2D eigenvalue weighted by atomic mass is 32.2. The van der Waals surface area contributed by atoms with Crippen LogP contribution in [0.3, 0.4) is 0 Å². The molecule has 1 fully saturated rings. The maximum Gasteiger partial charge on any atom is 0.309 e. The van der Waals surface area contributed by atoms with Crippen LogP contribution in [0.25, 0.3) is 0 Å². The lowest BCUT2D eigenvalue weighted by Crippen LogP contribution is -2.20. The van der Waals surface area contributed by atoms with Crippen molar-refractivity contribution in [2.45, 2.75) is 32.8 Å². The lowest BCUT2D eigenvalue weighted by molar-refractivity contribution is -0.149. The lowest BCUT2D eigenvalue weighted by Gasteiger charge is -2.12. The van der Waals surface area contributed by atoms with E-state index in [4.69, 9.17) is 8.92 Å². The van der Waals surface area contributed by atoms with Gasteiger partial charge >= 0.3 is 5.97 Å². The summed E-state index contributed by atoms with van der Waals surface area (Å²) in [6.45, 7) is 4.01. The third-order valence-electron chi connectivity index (χ3n) is 2.74. The molecule has 0 radical (unpaired) electrons. The molecule has 1 aliphatic carbocycles. The zero-order chi connectivity index (χ0) is 12.3. The average molecular weight is 250 g/mol. The second kappa shape index (κ2) is 5.14. The quantitative estimate of drug-likeness (QED) is 0.548. The Balaban J connectivity index is 2.57. The summed E-state index contributed by atoms with van der Waals surface area (Å²) < 4.78 is 31.7. The molecule has 0 aromatic rings. The van der Waals surface area contributed by atoms with E-state index in [-0.39, 0.29) is 23.9 Å². The van der Waals surface area contributed by atoms with Crippen LogP contribution < -0.4 is 0 Å². The van der Waals surface area contributed by atoms with Gasteiger partial charge < -0.3 is 4.74 Å². The zero-order valence-electron chi connectivity index (χ0n) is 9.80. The monoisotopic (exact) mass is 250 g/mol. The molecular formula is C10H18O5S. The standard InChI is InChI=1S/C10H18O5S/c1-4-14-10(11)9-6-8(5-7(9)2)15-16(3,12)13/h7-9H,4-6H2,1-3H3. The van der Waals surface area contributed by atoms with Crippen LogP contribution in [-0.2, 0) is 23.8 Å². The number of carbonyl (C=O) groups excluding carboxylic acids is 1. The van der Waals surface area contributed by atoms with Crippen molar-refractivity contribution in [3.05, 3.63) is 0 Å². The summed E-state index contributed by atoms with van der Waals surface area (Å²) in [5.41, 5.74) is 0. The first-order valence-electron chi connectivity index (χ1n) is 5.38. The van der Waals surface area contributed by atoms with E-state index in [1.54, 1.807) is 6.92 Å². The fraction of sp³-hybridized carbons (Fsp3) is 0.900. The normalized spacial score (nSPS) is 30.3. The van der Waals surface area contributed by atoms with Gasteiger partial charge in [0.1, 0.15) is 0 Å². The minimum Gasteiger partial charge on any atom is -0.466 e. The van der Waals surface area contributed by atoms with Gasteiger partial charge in [0.2, 0.25) is 0 Å². The summed E-state index contributed by atoms with van der Waals surface area (Å²) in [5.74, 6) is -0.396. The Kier molecular flexibility index (Phi) is 4.32. The Morgan fingerprint density at radius 2 is 2.00 bits per heavy atom. The van der Waals surface area contributed by atoms with Crippen LogP contribution in [0.15, 0.2) is 0 Å². The number of ether oxygens (including phenoxy) is 1. The van der Waals surface area contributed by atoms with Crippen molar-refractivity contribution in [3.8, 4) is 0 Å². The topological polar surface area (TPSA) is 69.7 Å². The van der Waals surface area contributed by atoms with Crippen molar-refractivity contribution in [2.75, 3.05) is 12.9 Å². The van der Waals surface area contributed by atoms with E-state index in [9.17, 15) is 13.2 Å². The molecule has 94 valence electrons. The van der Waals surface area contributed by atoms with Crippen LogP contribution in [0.4, 0.5) is 0 Å². The number of hydrogen-bond donors (Lipinski definition) is 0. The van der Waals surface area contributed by atoms with E-state index >= 15 is 0 Å². The van der Waals surface area contributed by atoms with Gasteiger partial charge in [-0.3, -0.25) is 8.98 Å². The van der Waals surface area contributed by atoms with Crippen LogP contribution in [0, 0.1) is 11.8 Å². The molecule has 0 saturated heterocycles. The minimum absolute atomic E-state index is 0.103. The summed E-state index contributed by atoms with van der Waals surface area (Å²) in [4.78, 5) is 11.5. The molecule has 1 rings (SSSR count). The van der Waals surface area contributed by atoms with Crippen LogP contribution >= 0.6 is 0 Å². The predicted molar refractivity (Wildman–Crippen MR) is 58.2 cm³/mol. The van der Waals surface area contributed by atoms with Gasteiger partial charge in [-0.1, -0.05) is 6.92 Å². The number of rotatable bonds is 4. The van der Waals surface area contributed by atoms with Crippen LogP contribution in [0.2, 0.25) is 0 Å². The van der Waals surface area contributed by atoms with E-state index in [2.05, 4.69) is 0 Å². The predicted octanol–water partition coefficient (Wildman–Crippen LogP) is 0.940. The van der Waals surface area contributed by atoms with Gasteiger partial charge in [0, 0.05) is 0 Å². The first kappa shape index (κ1) is 13.4. The first-order valence-corrected chi connectivity index (χ1v) is 7.20. The van der Waals surface area contributed by atoms with Gasteiger partial charge in [-0.15, -0.1) is 0 Å². The molecule has 0 aromatic heterocycles. The number of carbonyl (C=O) groups is 1. The third kappa shape index (κ3) is 3.75. The zero-order valence-corrected chi connectivity index (χ0v) is 10.6. The van der Waals surface area contributed by atoms with Crippen molar-refractivity contribution in [1.29, 1.82) is 0 Å². The largest absolute Gasteiger partial charge is 0.466 e. The molecule has 0 aliphatic heterocycles. The van der Waals surface area contributed by atoms with Crippen LogP contribution in [0.5, 0.6) is 0 Å². The Labute approximate surface area is 96.2 Å². The second-order valence-electron chi connectivity index (χ2n) is 4.23. The summed E-state index contributed by atoms with van der Waals surface area (Å²) in [6.07, 6.45) is 1.64. The first-order chi connectivity index (χ1) is 7.33. The van der Waals surface area contributed by atoms with E-state index < -0.39 is 10.1 Å². The third-order valence-corrected chi connectivity index (χ3v) is 3.36. The van der Waals surface area contributed by atoms with Crippen molar-refractivity contribution in [2.24, 2.45) is 11.8 Å². The van der Waals surface area contributed by atoms with Crippen LogP contribution in [-0.4, -0.2) is 33.4 Å². The van der Waals surface area contributed by atoms with Gasteiger partial charge in [0.05, 0.1) is 24.9 Å². The molecule has 6 heteroatoms. The second-order valence-corrected chi connectivity index (χ2v) is 5.83. The smallest absolute Gasteiger partial charge is 0.309 e. The lowest BCUT2D eigenvalue weighted by atomic mass is 9.99. The van der Waals surface area contributed by atoms with Gasteiger partial charge in [-0.05, 0) is 25.7 Å². The van der Waals surface area contributed by atoms with Crippen molar-refractivity contribution < 1.29 is 22.1 Å². The molecule has 0 N–H and O–H groups in total. The molecule has 0 spiro atoms. The van der Waals surface area contributed by atoms with Gasteiger partial charge in [-0.25, -0.2) is 0 Å². The molecule has 3 unspecified atom stereocenters. The molecule has 0 aromatic carbocycles. The molecule has 0 amide bonds. The molecule has 1 aliphatic rings. The summed E-state index contributed by atoms with van der Waals surface area (Å²) in [5, 5.41) is 0. The molecule has 16 heavy (non-hydrogen) atoms. The molecule has 0 heterocycles. The molecule has 1 saturated carbocycles. The maximum absolute atomic E-state index is 11.5. The van der Waals surface area contributed by atoms with Crippen molar-refractivity contribution >= 4 is 16.1 Å². The summed E-state index contributed by atoms with van der Waals surface area (Å²) >= 11 is 0. The van der Waals surface area contributed by atoms with E-state index in [1.165, 1.54) is 0 Å². The number of esters is 1. The van der Waals surface area contributed by atoms with Gasteiger partial charge in [0.25, 0.3) is 10.1 Å².